The summed E-state index contributed by atoms with van der Waals surface area (Å²) in [7, 11) is 0. The lowest BCUT2D eigenvalue weighted by molar-refractivity contribution is -0.116. The highest BCUT2D eigenvalue weighted by atomic mass is 16.1. The Morgan fingerprint density at radius 1 is 1.50 bits per heavy atom. The van der Waals surface area contributed by atoms with Crippen molar-refractivity contribution in [3.05, 3.63) is 12.2 Å². The first-order chi connectivity index (χ1) is 6.45. The Labute approximate surface area is 84.0 Å². The zero-order valence-electron chi connectivity index (χ0n) is 8.49. The summed E-state index contributed by atoms with van der Waals surface area (Å²) in [4.78, 5) is 15.0. The monoisotopic (exact) mass is 198 g/mol. The molecule has 0 amide bonds. The normalized spacial score (nSPS) is 11.9. The quantitative estimate of drug-likeness (QED) is 0.232. The number of hydrogen-bond acceptors (Lipinski definition) is 3. The zero-order valence-corrected chi connectivity index (χ0v) is 8.49. The molecular formula is C9H18N4O. The molecule has 0 spiro atoms. The van der Waals surface area contributed by atoms with Crippen molar-refractivity contribution >= 4 is 11.7 Å². The first-order valence-corrected chi connectivity index (χ1v) is 4.46. The van der Waals surface area contributed by atoms with E-state index in [4.69, 9.17) is 17.2 Å². The van der Waals surface area contributed by atoms with E-state index in [0.29, 0.717) is 25.0 Å². The molecule has 0 fully saturated rings. The maximum atomic E-state index is 11.3. The Kier molecular flexibility index (Phi) is 5.55. The fourth-order valence-electron chi connectivity index (χ4n) is 0.967. The third kappa shape index (κ3) is 5.31. The Morgan fingerprint density at radius 3 is 2.50 bits per heavy atom. The van der Waals surface area contributed by atoms with E-state index in [1.54, 1.807) is 6.92 Å². The molecule has 0 rings (SSSR count). The Bertz CT molecular complexity index is 243. The van der Waals surface area contributed by atoms with Gasteiger partial charge >= 0.3 is 0 Å². The number of nitrogens with two attached hydrogens (primary N) is 3. The third-order valence-electron chi connectivity index (χ3n) is 1.73. The minimum Gasteiger partial charge on any atom is -0.370 e. The number of carbonyl (C=O) groups is 1. The van der Waals surface area contributed by atoms with Crippen LogP contribution in [0.3, 0.4) is 0 Å². The van der Waals surface area contributed by atoms with Crippen molar-refractivity contribution in [1.82, 2.24) is 0 Å². The fourth-order valence-corrected chi connectivity index (χ4v) is 0.967. The van der Waals surface area contributed by atoms with Gasteiger partial charge in [-0.25, -0.2) is 0 Å². The summed E-state index contributed by atoms with van der Waals surface area (Å²) in [6, 6.07) is -0.485. The van der Waals surface area contributed by atoms with Gasteiger partial charge in [-0.2, -0.15) is 0 Å². The lowest BCUT2D eigenvalue weighted by Crippen LogP contribution is -2.31. The molecule has 0 aliphatic heterocycles. The van der Waals surface area contributed by atoms with Crippen molar-refractivity contribution in [2.24, 2.45) is 22.2 Å². The molecule has 5 heteroatoms. The lowest BCUT2D eigenvalue weighted by Gasteiger charge is -2.08. The molecule has 0 heterocycles. The average Bonchev–Trinajstić information content (AvgIpc) is 2.10. The summed E-state index contributed by atoms with van der Waals surface area (Å²) in [6.07, 6.45) is 1.26. The van der Waals surface area contributed by atoms with Gasteiger partial charge < -0.3 is 17.2 Å². The molecule has 0 bridgehead atoms. The van der Waals surface area contributed by atoms with Crippen molar-refractivity contribution < 1.29 is 4.79 Å². The number of ketones is 1. The molecule has 0 aromatic rings. The Balaban J connectivity index is 3.75. The lowest BCUT2D eigenvalue weighted by atomic mass is 10.0. The maximum absolute atomic E-state index is 11.3. The van der Waals surface area contributed by atoms with Crippen LogP contribution < -0.4 is 17.2 Å². The van der Waals surface area contributed by atoms with Gasteiger partial charge in [0, 0.05) is 6.54 Å². The smallest absolute Gasteiger partial charge is 0.185 e. The second-order valence-corrected chi connectivity index (χ2v) is 3.20. The molecule has 0 aromatic heterocycles. The topological polar surface area (TPSA) is 107 Å². The van der Waals surface area contributed by atoms with Gasteiger partial charge in [-0.1, -0.05) is 6.58 Å². The van der Waals surface area contributed by atoms with E-state index >= 15 is 0 Å². The van der Waals surface area contributed by atoms with Crippen molar-refractivity contribution in [1.29, 1.82) is 0 Å². The fraction of sp³-hybridized carbons (Fsp3) is 0.556. The molecule has 1 atom stereocenters. The van der Waals surface area contributed by atoms with E-state index < -0.39 is 6.04 Å². The van der Waals surface area contributed by atoms with Crippen LogP contribution in [-0.4, -0.2) is 24.3 Å². The Morgan fingerprint density at radius 2 is 2.07 bits per heavy atom. The van der Waals surface area contributed by atoms with Gasteiger partial charge in [-0.05, 0) is 25.3 Å². The largest absolute Gasteiger partial charge is 0.370 e. The molecule has 0 aromatic carbocycles. The van der Waals surface area contributed by atoms with E-state index in [2.05, 4.69) is 11.6 Å². The molecular weight excluding hydrogens is 180 g/mol. The molecule has 6 N–H and O–H groups in total. The number of aliphatic imine (C=N–C) groups is 1. The number of nitrogens with zero attached hydrogens (tertiary/aromatic N) is 1. The highest BCUT2D eigenvalue weighted by Gasteiger charge is 2.12. The van der Waals surface area contributed by atoms with Gasteiger partial charge in [-0.3, -0.25) is 9.79 Å². The van der Waals surface area contributed by atoms with Gasteiger partial charge in [0.05, 0.1) is 6.04 Å². The molecule has 1 unspecified atom stereocenters. The van der Waals surface area contributed by atoms with Gasteiger partial charge in [0.25, 0.3) is 0 Å². The SMILES string of the molecule is C=C(C)C(=O)C(N)CCCN=C(N)N. The zero-order chi connectivity index (χ0) is 11.1. The van der Waals surface area contributed by atoms with Crippen LogP contribution in [0.1, 0.15) is 19.8 Å². The number of rotatable bonds is 6. The molecule has 80 valence electrons. The van der Waals surface area contributed by atoms with Crippen LogP contribution >= 0.6 is 0 Å². The van der Waals surface area contributed by atoms with Gasteiger partial charge in [0.2, 0.25) is 0 Å². The number of hydrogen-bond donors (Lipinski definition) is 3. The average molecular weight is 198 g/mol. The third-order valence-corrected chi connectivity index (χ3v) is 1.73. The highest BCUT2D eigenvalue weighted by Crippen LogP contribution is 2.01. The van der Waals surface area contributed by atoms with Crippen LogP contribution in [0.25, 0.3) is 0 Å². The highest BCUT2D eigenvalue weighted by molar-refractivity contribution is 5.98. The second kappa shape index (κ2) is 6.15. The van der Waals surface area contributed by atoms with E-state index in [0.717, 1.165) is 0 Å². The summed E-state index contributed by atoms with van der Waals surface area (Å²) in [6.45, 7) is 5.69. The number of Topliss-reactive ketones (excluding diaryl/α,β-unsaturated/α-hetero) is 1. The second-order valence-electron chi connectivity index (χ2n) is 3.20. The predicted octanol–water partition coefficient (Wildman–Crippen LogP) is -0.487. The first kappa shape index (κ1) is 12.6. The molecule has 0 saturated carbocycles. The van der Waals surface area contributed by atoms with E-state index in [1.807, 2.05) is 0 Å². The number of carbonyl (C=O) groups excluding carboxylic acids is 1. The van der Waals surface area contributed by atoms with E-state index in [-0.39, 0.29) is 11.7 Å². The summed E-state index contributed by atoms with van der Waals surface area (Å²) < 4.78 is 0. The van der Waals surface area contributed by atoms with Crippen molar-refractivity contribution in [3.8, 4) is 0 Å². The summed E-state index contributed by atoms with van der Waals surface area (Å²) in [5.74, 6) is -0.0421. The van der Waals surface area contributed by atoms with Crippen molar-refractivity contribution in [2.75, 3.05) is 6.54 Å². The molecule has 0 aliphatic carbocycles. The van der Waals surface area contributed by atoms with Crippen LogP contribution in [0.4, 0.5) is 0 Å². The molecule has 0 radical (unpaired) electrons. The molecule has 5 nitrogen and oxygen atoms in total. The van der Waals surface area contributed by atoms with Crippen LogP contribution in [0, 0.1) is 0 Å². The van der Waals surface area contributed by atoms with Gasteiger partial charge in [0.1, 0.15) is 0 Å². The first-order valence-electron chi connectivity index (χ1n) is 4.46. The minimum absolute atomic E-state index is 0.0600. The summed E-state index contributed by atoms with van der Waals surface area (Å²) >= 11 is 0. The van der Waals surface area contributed by atoms with Crippen LogP contribution in [0.2, 0.25) is 0 Å². The number of guanidine groups is 1. The summed E-state index contributed by atoms with van der Waals surface area (Å²) in [5, 5.41) is 0. The van der Waals surface area contributed by atoms with Gasteiger partial charge in [-0.15, -0.1) is 0 Å². The summed E-state index contributed by atoms with van der Waals surface area (Å²) in [5.41, 5.74) is 16.4. The molecule has 0 aliphatic rings. The maximum Gasteiger partial charge on any atom is 0.185 e. The van der Waals surface area contributed by atoms with E-state index in [9.17, 15) is 4.79 Å². The van der Waals surface area contributed by atoms with Crippen LogP contribution in [0.15, 0.2) is 17.1 Å². The predicted molar refractivity (Wildman–Crippen MR) is 57.7 cm³/mol. The molecule has 0 saturated heterocycles. The minimum atomic E-state index is -0.485. The standard InChI is InChI=1S/C9H18N4O/c1-6(2)8(14)7(10)4-3-5-13-9(11)12/h7H,1,3-5,10H2,2H3,(H4,11,12,13). The van der Waals surface area contributed by atoms with Crippen LogP contribution in [-0.2, 0) is 4.79 Å². The van der Waals surface area contributed by atoms with E-state index in [1.165, 1.54) is 0 Å². The van der Waals surface area contributed by atoms with Crippen molar-refractivity contribution in [3.63, 3.8) is 0 Å². The molecule has 14 heavy (non-hydrogen) atoms. The van der Waals surface area contributed by atoms with Crippen LogP contribution in [0.5, 0.6) is 0 Å². The Hall–Kier alpha value is -1.36. The van der Waals surface area contributed by atoms with Gasteiger partial charge in [0.15, 0.2) is 11.7 Å². The van der Waals surface area contributed by atoms with Crippen molar-refractivity contribution in [2.45, 2.75) is 25.8 Å².